The standard InChI is InChI=1S/C21H20N4O2/c1-25-19-5-3-13(8-16(19)11-23-25)21(26)24-17-4-2-14-10-22-20(18(14)9-17)15-6-7-27-12-15/h2,4,6-7,9,11-13H,3,5,8,10H2,1H3,(H,24,26)/t13-/m0/s1. The highest BCUT2D eigenvalue weighted by molar-refractivity contribution is 6.15. The highest BCUT2D eigenvalue weighted by atomic mass is 16.3. The van der Waals surface area contributed by atoms with Crippen LogP contribution in [-0.2, 0) is 31.2 Å². The van der Waals surface area contributed by atoms with Crippen LogP contribution >= 0.6 is 0 Å². The molecule has 0 saturated heterocycles. The number of nitrogens with zero attached hydrogens (tertiary/aromatic N) is 3. The minimum absolute atomic E-state index is 0.0167. The van der Waals surface area contributed by atoms with Crippen molar-refractivity contribution in [2.45, 2.75) is 25.8 Å². The quantitative estimate of drug-likeness (QED) is 0.780. The Morgan fingerprint density at radius 2 is 2.22 bits per heavy atom. The topological polar surface area (TPSA) is 72.4 Å². The number of fused-ring (bicyclic) bond motifs is 2. The van der Waals surface area contributed by atoms with E-state index < -0.39 is 0 Å². The minimum atomic E-state index is -0.0167. The van der Waals surface area contributed by atoms with Crippen molar-refractivity contribution < 1.29 is 9.21 Å². The molecular weight excluding hydrogens is 340 g/mol. The largest absolute Gasteiger partial charge is 0.472 e. The molecule has 1 aromatic carbocycles. The van der Waals surface area contributed by atoms with Crippen molar-refractivity contribution in [1.82, 2.24) is 9.78 Å². The summed E-state index contributed by atoms with van der Waals surface area (Å²) in [6.45, 7) is 0.663. The van der Waals surface area contributed by atoms with E-state index in [0.717, 1.165) is 41.8 Å². The second-order valence-electron chi connectivity index (χ2n) is 7.22. The molecule has 3 heterocycles. The molecule has 5 rings (SSSR count). The first-order valence-electron chi connectivity index (χ1n) is 9.20. The monoisotopic (exact) mass is 360 g/mol. The lowest BCUT2D eigenvalue weighted by molar-refractivity contribution is -0.120. The van der Waals surface area contributed by atoms with E-state index in [1.165, 1.54) is 16.8 Å². The fourth-order valence-electron chi connectivity index (χ4n) is 4.06. The van der Waals surface area contributed by atoms with Gasteiger partial charge in [0.2, 0.25) is 5.91 Å². The first kappa shape index (κ1) is 16.1. The number of furan rings is 1. The van der Waals surface area contributed by atoms with Crippen LogP contribution in [0.25, 0.3) is 0 Å². The maximum atomic E-state index is 12.8. The first-order chi connectivity index (χ1) is 13.2. The first-order valence-corrected chi connectivity index (χ1v) is 9.20. The van der Waals surface area contributed by atoms with E-state index in [1.54, 1.807) is 12.5 Å². The van der Waals surface area contributed by atoms with Gasteiger partial charge in [-0.1, -0.05) is 6.07 Å². The predicted octanol–water partition coefficient (Wildman–Crippen LogP) is 3.11. The summed E-state index contributed by atoms with van der Waals surface area (Å²) in [7, 11) is 1.96. The molecule has 1 atom stereocenters. The van der Waals surface area contributed by atoms with Gasteiger partial charge in [0, 0.05) is 35.5 Å². The number of hydrogen-bond donors (Lipinski definition) is 1. The second kappa shape index (κ2) is 6.23. The molecule has 0 spiro atoms. The summed E-state index contributed by atoms with van der Waals surface area (Å²) >= 11 is 0. The molecule has 0 unspecified atom stereocenters. The van der Waals surface area contributed by atoms with Gasteiger partial charge in [0.1, 0.15) is 0 Å². The van der Waals surface area contributed by atoms with Crippen LogP contribution in [0.1, 0.15) is 34.4 Å². The van der Waals surface area contributed by atoms with E-state index >= 15 is 0 Å². The summed E-state index contributed by atoms with van der Waals surface area (Å²) < 4.78 is 7.11. The summed E-state index contributed by atoms with van der Waals surface area (Å²) in [5, 5.41) is 7.41. The molecule has 2 aromatic heterocycles. The smallest absolute Gasteiger partial charge is 0.227 e. The molecule has 1 aliphatic heterocycles. The zero-order chi connectivity index (χ0) is 18.4. The van der Waals surface area contributed by atoms with Gasteiger partial charge >= 0.3 is 0 Å². The van der Waals surface area contributed by atoms with Gasteiger partial charge < -0.3 is 9.73 Å². The van der Waals surface area contributed by atoms with Crippen LogP contribution in [0, 0.1) is 5.92 Å². The zero-order valence-electron chi connectivity index (χ0n) is 15.1. The molecule has 136 valence electrons. The van der Waals surface area contributed by atoms with Gasteiger partial charge in [-0.05, 0) is 48.6 Å². The molecule has 2 aliphatic rings. The fourth-order valence-corrected chi connectivity index (χ4v) is 4.06. The fraction of sp³-hybridized carbons (Fsp3) is 0.286. The molecule has 6 heteroatoms. The third-order valence-electron chi connectivity index (χ3n) is 5.55. The SMILES string of the molecule is Cn1ncc2c1CC[C@H](C(=O)Nc1ccc3c(c1)C(c1ccoc1)=NC3)C2. The number of benzene rings is 1. The van der Waals surface area contributed by atoms with Crippen LogP contribution in [0.15, 0.2) is 52.4 Å². The Morgan fingerprint density at radius 3 is 3.07 bits per heavy atom. The van der Waals surface area contributed by atoms with E-state index in [2.05, 4.69) is 15.4 Å². The molecule has 0 saturated carbocycles. The highest BCUT2D eigenvalue weighted by Crippen LogP contribution is 2.29. The van der Waals surface area contributed by atoms with Gasteiger partial charge in [0.15, 0.2) is 0 Å². The van der Waals surface area contributed by atoms with Crippen LogP contribution in [0.2, 0.25) is 0 Å². The van der Waals surface area contributed by atoms with Gasteiger partial charge in [-0.3, -0.25) is 14.5 Å². The summed E-state index contributed by atoms with van der Waals surface area (Å²) in [4.78, 5) is 17.4. The van der Waals surface area contributed by atoms with E-state index in [9.17, 15) is 4.79 Å². The van der Waals surface area contributed by atoms with Gasteiger partial charge in [-0.25, -0.2) is 0 Å². The number of hydrogen-bond acceptors (Lipinski definition) is 4. The Kier molecular flexibility index (Phi) is 3.70. The maximum absolute atomic E-state index is 12.8. The predicted molar refractivity (Wildman–Crippen MR) is 102 cm³/mol. The molecule has 0 radical (unpaired) electrons. The lowest BCUT2D eigenvalue weighted by Gasteiger charge is -2.22. The van der Waals surface area contributed by atoms with E-state index in [0.29, 0.717) is 6.54 Å². The third kappa shape index (κ3) is 2.77. The van der Waals surface area contributed by atoms with Crippen molar-refractivity contribution in [2.75, 3.05) is 5.32 Å². The van der Waals surface area contributed by atoms with Crippen molar-refractivity contribution in [3.63, 3.8) is 0 Å². The molecular formula is C21H20N4O2. The third-order valence-corrected chi connectivity index (χ3v) is 5.55. The number of carbonyl (C=O) groups is 1. The molecule has 3 aromatic rings. The van der Waals surface area contributed by atoms with Gasteiger partial charge in [-0.2, -0.15) is 5.10 Å². The molecule has 0 bridgehead atoms. The van der Waals surface area contributed by atoms with Crippen LogP contribution in [0.3, 0.4) is 0 Å². The van der Waals surface area contributed by atoms with Crippen molar-refractivity contribution in [3.05, 3.63) is 70.9 Å². The Bertz CT molecular complexity index is 1050. The lowest BCUT2D eigenvalue weighted by Crippen LogP contribution is -2.28. The molecule has 27 heavy (non-hydrogen) atoms. The van der Waals surface area contributed by atoms with E-state index in [-0.39, 0.29) is 11.8 Å². The van der Waals surface area contributed by atoms with E-state index in [1.807, 2.05) is 42.2 Å². The number of aryl methyl sites for hydroxylation is 1. The number of aromatic nitrogens is 2. The second-order valence-corrected chi connectivity index (χ2v) is 7.22. The van der Waals surface area contributed by atoms with Gasteiger partial charge in [-0.15, -0.1) is 0 Å². The Labute approximate surface area is 156 Å². The lowest BCUT2D eigenvalue weighted by atomic mass is 9.87. The number of carbonyl (C=O) groups excluding carboxylic acids is 1. The van der Waals surface area contributed by atoms with Crippen molar-refractivity contribution in [2.24, 2.45) is 18.0 Å². The normalized spacial score (nSPS) is 18.0. The molecule has 1 amide bonds. The molecule has 0 fully saturated rings. The number of rotatable bonds is 3. The number of amides is 1. The maximum Gasteiger partial charge on any atom is 0.227 e. The van der Waals surface area contributed by atoms with Crippen LogP contribution < -0.4 is 5.32 Å². The summed E-state index contributed by atoms with van der Waals surface area (Å²) in [5.74, 6) is 0.0567. The van der Waals surface area contributed by atoms with Crippen molar-refractivity contribution >= 4 is 17.3 Å². The number of anilines is 1. The molecule has 1 N–H and O–H groups in total. The number of aliphatic imine (C=N–C) groups is 1. The van der Waals surface area contributed by atoms with Crippen LogP contribution in [0.4, 0.5) is 5.69 Å². The Hall–Kier alpha value is -3.15. The average molecular weight is 360 g/mol. The minimum Gasteiger partial charge on any atom is -0.472 e. The summed E-state index contributed by atoms with van der Waals surface area (Å²) in [5.41, 5.74) is 7.37. The summed E-state index contributed by atoms with van der Waals surface area (Å²) in [6, 6.07) is 7.93. The summed E-state index contributed by atoms with van der Waals surface area (Å²) in [6.07, 6.45) is 7.74. The van der Waals surface area contributed by atoms with Gasteiger partial charge in [0.25, 0.3) is 0 Å². The van der Waals surface area contributed by atoms with Crippen LogP contribution in [-0.4, -0.2) is 21.4 Å². The Balaban J connectivity index is 1.34. The van der Waals surface area contributed by atoms with Gasteiger partial charge in [0.05, 0.1) is 31.0 Å². The molecule has 6 nitrogen and oxygen atoms in total. The zero-order valence-corrected chi connectivity index (χ0v) is 15.1. The Morgan fingerprint density at radius 1 is 1.30 bits per heavy atom. The van der Waals surface area contributed by atoms with Crippen molar-refractivity contribution in [3.8, 4) is 0 Å². The average Bonchev–Trinajstić information content (AvgIpc) is 3.41. The number of nitrogens with one attached hydrogen (secondary N) is 1. The van der Waals surface area contributed by atoms with Crippen LogP contribution in [0.5, 0.6) is 0 Å². The highest BCUT2D eigenvalue weighted by Gasteiger charge is 2.27. The van der Waals surface area contributed by atoms with E-state index in [4.69, 9.17) is 4.42 Å². The molecule has 1 aliphatic carbocycles. The van der Waals surface area contributed by atoms with Crippen molar-refractivity contribution in [1.29, 1.82) is 0 Å².